The summed E-state index contributed by atoms with van der Waals surface area (Å²) in [5.74, 6) is -9.31. The average molecular weight is 563 g/mol. The van der Waals surface area contributed by atoms with E-state index in [1.807, 2.05) is 0 Å². The SMILES string of the molecule is CN(C)c1cc(C(=O)N2CC(F)(F)C2)c(O)c2c1C[C@H]1C[C@H]3[C@H](N(C)C)C(=O)C(C(N)=O)=C(O)[C@@]3(O)C(O)=C1C2. The molecule has 4 atom stereocenters. The first kappa shape index (κ1) is 27.8. The summed E-state index contributed by atoms with van der Waals surface area (Å²) < 4.78 is 26.9. The first-order chi connectivity index (χ1) is 18.5. The third-order valence-electron chi connectivity index (χ3n) is 8.69. The first-order valence-corrected chi connectivity index (χ1v) is 12.8. The van der Waals surface area contributed by atoms with Gasteiger partial charge in [0.05, 0.1) is 24.7 Å². The number of nitrogens with zero attached hydrogens (tertiary/aromatic N) is 3. The molecule has 1 aliphatic heterocycles. The predicted octanol–water partition coefficient (Wildman–Crippen LogP) is 0.638. The van der Waals surface area contributed by atoms with E-state index >= 15 is 0 Å². The van der Waals surface area contributed by atoms with Gasteiger partial charge < -0.3 is 36.0 Å². The number of aromatic hydroxyl groups is 1. The molecule has 1 heterocycles. The fraction of sp³-hybridized carbons (Fsp3) is 0.519. The molecular formula is C27H32F2N4O7. The van der Waals surface area contributed by atoms with Gasteiger partial charge in [0, 0.05) is 37.7 Å². The Morgan fingerprint density at radius 2 is 1.70 bits per heavy atom. The van der Waals surface area contributed by atoms with E-state index in [4.69, 9.17) is 5.73 Å². The maximum Gasteiger partial charge on any atom is 0.282 e. The minimum atomic E-state index is -2.99. The van der Waals surface area contributed by atoms with Gasteiger partial charge in [0.15, 0.2) is 11.4 Å². The van der Waals surface area contributed by atoms with Crippen LogP contribution in [0.25, 0.3) is 0 Å². The molecule has 4 aliphatic rings. The Hall–Kier alpha value is -3.71. The lowest BCUT2D eigenvalue weighted by molar-refractivity contribution is -0.136. The molecule has 0 aromatic heterocycles. The molecule has 11 nitrogen and oxygen atoms in total. The Labute approximate surface area is 228 Å². The van der Waals surface area contributed by atoms with Gasteiger partial charge in [-0.05, 0) is 50.1 Å². The topological polar surface area (TPSA) is 168 Å². The van der Waals surface area contributed by atoms with Gasteiger partial charge in [-0.25, -0.2) is 8.78 Å². The zero-order valence-corrected chi connectivity index (χ0v) is 22.5. The summed E-state index contributed by atoms with van der Waals surface area (Å²) in [6.07, 6.45) is 0.252. The Kier molecular flexibility index (Phi) is 6.19. The number of aliphatic hydroxyl groups is 3. The second-order valence-electron chi connectivity index (χ2n) is 11.6. The summed E-state index contributed by atoms with van der Waals surface area (Å²) >= 11 is 0. The largest absolute Gasteiger partial charge is 0.509 e. The monoisotopic (exact) mass is 562 g/mol. The number of hydrogen-bond donors (Lipinski definition) is 5. The fourth-order valence-electron chi connectivity index (χ4n) is 6.78. The van der Waals surface area contributed by atoms with Crippen molar-refractivity contribution in [3.8, 4) is 5.75 Å². The van der Waals surface area contributed by atoms with Crippen molar-refractivity contribution in [2.45, 2.75) is 36.8 Å². The third-order valence-corrected chi connectivity index (χ3v) is 8.69. The number of ketones is 1. The zero-order valence-electron chi connectivity index (χ0n) is 22.5. The molecule has 0 radical (unpaired) electrons. The standard InChI is InChI=1S/C27H32F2N4O7/c1-31(2)17-8-15(25(39)33-9-26(28,29)10-33)20(34)14-7-12-11(5-13(14)17)6-16-19(32(3)4)21(35)18(24(30)38)23(37)27(16,40)22(12)36/h8,11,16,19,34,36-37,40H,5-7,9-10H2,1-4H3,(H2,30,38)/t11-,16-,19-,27-/m0/s1. The van der Waals surface area contributed by atoms with Crippen molar-refractivity contribution >= 4 is 23.3 Å². The number of benzene rings is 1. The highest BCUT2D eigenvalue weighted by Crippen LogP contribution is 2.54. The molecule has 0 saturated carbocycles. The van der Waals surface area contributed by atoms with Crippen molar-refractivity contribution in [1.82, 2.24) is 9.80 Å². The van der Waals surface area contributed by atoms with Crippen molar-refractivity contribution in [1.29, 1.82) is 0 Å². The van der Waals surface area contributed by atoms with Crippen LogP contribution in [0.15, 0.2) is 28.7 Å². The summed E-state index contributed by atoms with van der Waals surface area (Å²) in [5.41, 5.74) is 3.69. The molecule has 6 N–H and O–H groups in total. The van der Waals surface area contributed by atoms with Gasteiger partial charge in [-0.1, -0.05) is 0 Å². The molecule has 0 spiro atoms. The van der Waals surface area contributed by atoms with Crippen LogP contribution in [0.3, 0.4) is 0 Å². The molecule has 0 unspecified atom stereocenters. The normalized spacial score (nSPS) is 29.1. The van der Waals surface area contributed by atoms with Crippen LogP contribution in [0.1, 0.15) is 27.9 Å². The Morgan fingerprint density at radius 1 is 1.07 bits per heavy atom. The van der Waals surface area contributed by atoms with E-state index in [1.165, 1.54) is 11.0 Å². The third kappa shape index (κ3) is 3.78. The highest BCUT2D eigenvalue weighted by molar-refractivity contribution is 6.22. The van der Waals surface area contributed by atoms with E-state index in [-0.39, 0.29) is 36.0 Å². The number of primary amides is 1. The average Bonchev–Trinajstić information content (AvgIpc) is 2.83. The van der Waals surface area contributed by atoms with Crippen LogP contribution in [-0.2, 0) is 22.4 Å². The van der Waals surface area contributed by atoms with Crippen molar-refractivity contribution in [2.75, 3.05) is 46.2 Å². The number of alkyl halides is 2. The van der Waals surface area contributed by atoms with Gasteiger partial charge in [0.2, 0.25) is 0 Å². The minimum absolute atomic E-state index is 0.134. The lowest BCUT2D eigenvalue weighted by atomic mass is 9.59. The molecule has 0 bridgehead atoms. The number of carbonyl (C=O) groups excluding carboxylic acids is 3. The first-order valence-electron chi connectivity index (χ1n) is 12.8. The molecule has 1 saturated heterocycles. The number of allylic oxidation sites excluding steroid dienone is 1. The minimum Gasteiger partial charge on any atom is -0.509 e. The van der Waals surface area contributed by atoms with Crippen LogP contribution in [0.5, 0.6) is 5.75 Å². The number of phenols is 1. The van der Waals surface area contributed by atoms with Gasteiger partial charge >= 0.3 is 0 Å². The van der Waals surface area contributed by atoms with Crippen LogP contribution in [0.4, 0.5) is 14.5 Å². The number of nitrogens with two attached hydrogens (primary N) is 1. The molecule has 2 amide bonds. The van der Waals surface area contributed by atoms with E-state index in [0.717, 1.165) is 4.90 Å². The van der Waals surface area contributed by atoms with Gasteiger partial charge in [-0.2, -0.15) is 0 Å². The van der Waals surface area contributed by atoms with Crippen LogP contribution < -0.4 is 10.6 Å². The molecule has 3 aliphatic carbocycles. The second-order valence-corrected chi connectivity index (χ2v) is 11.6. The maximum atomic E-state index is 13.5. The number of phenolic OH excluding ortho intramolecular Hbond substituents is 1. The summed E-state index contributed by atoms with van der Waals surface area (Å²) in [6.45, 7) is -1.52. The number of likely N-dealkylation sites (N-methyl/N-ethyl adjacent to an activating group) is 1. The number of likely N-dealkylation sites (tertiary alicyclic amines) is 1. The molecule has 13 heteroatoms. The zero-order chi connectivity index (χ0) is 29.6. The number of hydrogen-bond acceptors (Lipinski definition) is 9. The number of rotatable bonds is 4. The van der Waals surface area contributed by atoms with Gasteiger partial charge in [0.1, 0.15) is 22.8 Å². The van der Waals surface area contributed by atoms with E-state index in [2.05, 4.69) is 0 Å². The summed E-state index contributed by atoms with van der Waals surface area (Å²) in [5, 5.41) is 45.4. The van der Waals surface area contributed by atoms with Crippen LogP contribution in [0.2, 0.25) is 0 Å². The lowest BCUT2D eigenvalue weighted by Gasteiger charge is -2.51. The van der Waals surface area contributed by atoms with Crippen molar-refractivity contribution in [3.05, 3.63) is 45.4 Å². The van der Waals surface area contributed by atoms with Gasteiger partial charge in [-0.3, -0.25) is 19.3 Å². The number of anilines is 1. The lowest BCUT2D eigenvalue weighted by Crippen LogP contribution is -2.62. The highest BCUT2D eigenvalue weighted by Gasteiger charge is 2.61. The fourth-order valence-corrected chi connectivity index (χ4v) is 6.78. The van der Waals surface area contributed by atoms with Crippen molar-refractivity contribution in [2.24, 2.45) is 17.6 Å². The second kappa shape index (κ2) is 8.90. The Balaban J connectivity index is 1.66. The number of Topliss-reactive ketones (excluding diaryl/α,β-unsaturated/α-hetero) is 1. The maximum absolute atomic E-state index is 13.5. The molecule has 40 heavy (non-hydrogen) atoms. The Morgan fingerprint density at radius 3 is 2.23 bits per heavy atom. The Bertz CT molecular complexity index is 1410. The van der Waals surface area contributed by atoms with E-state index < -0.39 is 82.9 Å². The number of carbonyl (C=O) groups is 3. The van der Waals surface area contributed by atoms with Crippen molar-refractivity contribution < 1.29 is 43.6 Å². The number of aliphatic hydroxyl groups excluding tert-OH is 2. The highest BCUT2D eigenvalue weighted by atomic mass is 19.3. The molecular weight excluding hydrogens is 530 g/mol. The summed E-state index contributed by atoms with van der Waals surface area (Å²) in [7, 11) is 6.62. The van der Waals surface area contributed by atoms with E-state index in [1.54, 1.807) is 33.1 Å². The van der Waals surface area contributed by atoms with Gasteiger partial charge in [-0.15, -0.1) is 0 Å². The van der Waals surface area contributed by atoms with Crippen LogP contribution >= 0.6 is 0 Å². The van der Waals surface area contributed by atoms with Crippen molar-refractivity contribution in [3.63, 3.8) is 0 Å². The summed E-state index contributed by atoms with van der Waals surface area (Å²) in [4.78, 5) is 42.5. The number of fused-ring (bicyclic) bond motifs is 3. The van der Waals surface area contributed by atoms with E-state index in [9.17, 15) is 43.6 Å². The number of amides is 2. The van der Waals surface area contributed by atoms with Gasteiger partial charge in [0.25, 0.3) is 17.7 Å². The van der Waals surface area contributed by atoms with Crippen LogP contribution in [-0.4, -0.2) is 107 Å². The van der Waals surface area contributed by atoms with Crippen LogP contribution in [0, 0.1) is 11.8 Å². The molecule has 5 rings (SSSR count). The number of halogens is 2. The smallest absolute Gasteiger partial charge is 0.282 e. The predicted molar refractivity (Wildman–Crippen MR) is 138 cm³/mol. The molecule has 1 aromatic rings. The molecule has 1 fully saturated rings. The molecule has 1 aromatic carbocycles. The summed E-state index contributed by atoms with van der Waals surface area (Å²) in [6, 6.07) is 0.381. The quantitative estimate of drug-likeness (QED) is 0.331. The van der Waals surface area contributed by atoms with E-state index in [0.29, 0.717) is 11.3 Å². The molecule has 216 valence electrons.